The normalized spacial score (nSPS) is 9.96. The Morgan fingerprint density at radius 3 is 2.43 bits per heavy atom. The molecule has 23 heavy (non-hydrogen) atoms. The summed E-state index contributed by atoms with van der Waals surface area (Å²) < 4.78 is 14.1. The van der Waals surface area contributed by atoms with Crippen molar-refractivity contribution in [2.45, 2.75) is 12.8 Å². The number of halogens is 1. The summed E-state index contributed by atoms with van der Waals surface area (Å²) in [4.78, 5) is 23.6. The quantitative estimate of drug-likeness (QED) is 0.878. The summed E-state index contributed by atoms with van der Waals surface area (Å²) in [6, 6.07) is 7.24. The van der Waals surface area contributed by atoms with Crippen LogP contribution in [0.15, 0.2) is 30.5 Å². The van der Waals surface area contributed by atoms with Gasteiger partial charge in [-0.3, -0.25) is 14.3 Å². The van der Waals surface area contributed by atoms with Gasteiger partial charge in [0.05, 0.1) is 6.20 Å². The van der Waals surface area contributed by atoms with Crippen LogP contribution in [0.5, 0.6) is 0 Å². The zero-order valence-corrected chi connectivity index (χ0v) is 12.3. The fourth-order valence-corrected chi connectivity index (χ4v) is 1.85. The maximum Gasteiger partial charge on any atom is 0.226 e. The highest BCUT2D eigenvalue weighted by Gasteiger charge is 2.13. The largest absolute Gasteiger partial charge is 0.326 e. The minimum Gasteiger partial charge on any atom is -0.326 e. The molecule has 118 valence electrons. The van der Waals surface area contributed by atoms with Crippen molar-refractivity contribution < 1.29 is 14.0 Å². The van der Waals surface area contributed by atoms with Gasteiger partial charge in [-0.15, -0.1) is 0 Å². The number of anilines is 2. The Hall–Kier alpha value is -3.21. The van der Waals surface area contributed by atoms with Crippen molar-refractivity contribution in [3.8, 4) is 6.07 Å². The molecule has 0 atom stereocenters. The Labute approximate surface area is 131 Å². The summed E-state index contributed by atoms with van der Waals surface area (Å²) in [6.45, 7) is 0. The number of hydrogen-bond donors (Lipinski definition) is 2. The SMILES string of the molecule is Cn1ncc(C#N)c1NC(=O)CCC(=O)Nc1ccc(F)cc1. The molecule has 1 aromatic heterocycles. The lowest BCUT2D eigenvalue weighted by atomic mass is 10.2. The second-order valence-electron chi connectivity index (χ2n) is 4.75. The van der Waals surface area contributed by atoms with Gasteiger partial charge >= 0.3 is 0 Å². The molecule has 0 spiro atoms. The van der Waals surface area contributed by atoms with Crippen LogP contribution >= 0.6 is 0 Å². The molecule has 0 radical (unpaired) electrons. The summed E-state index contributed by atoms with van der Waals surface area (Å²) in [5.74, 6) is -0.875. The third kappa shape index (κ3) is 4.38. The minimum absolute atomic E-state index is 0.0387. The Morgan fingerprint density at radius 2 is 1.83 bits per heavy atom. The molecule has 0 aliphatic heterocycles. The van der Waals surface area contributed by atoms with E-state index in [0.717, 1.165) is 0 Å². The predicted molar refractivity (Wildman–Crippen MR) is 80.8 cm³/mol. The van der Waals surface area contributed by atoms with E-state index < -0.39 is 11.7 Å². The highest BCUT2D eigenvalue weighted by Crippen LogP contribution is 2.13. The lowest BCUT2D eigenvalue weighted by Crippen LogP contribution is -2.19. The van der Waals surface area contributed by atoms with Gasteiger partial charge in [0.2, 0.25) is 11.8 Å². The van der Waals surface area contributed by atoms with E-state index in [2.05, 4.69) is 15.7 Å². The van der Waals surface area contributed by atoms with E-state index in [0.29, 0.717) is 5.69 Å². The van der Waals surface area contributed by atoms with Crippen molar-refractivity contribution in [2.24, 2.45) is 7.05 Å². The molecule has 2 aromatic rings. The second-order valence-corrected chi connectivity index (χ2v) is 4.75. The van der Waals surface area contributed by atoms with Crippen LogP contribution in [0.3, 0.4) is 0 Å². The molecule has 2 amide bonds. The smallest absolute Gasteiger partial charge is 0.226 e. The van der Waals surface area contributed by atoms with Crippen molar-refractivity contribution in [3.05, 3.63) is 41.8 Å². The summed E-state index contributed by atoms with van der Waals surface area (Å²) in [7, 11) is 1.59. The zero-order valence-electron chi connectivity index (χ0n) is 12.3. The molecule has 0 saturated heterocycles. The number of aromatic nitrogens is 2. The standard InChI is InChI=1S/C15H14FN5O2/c1-21-15(10(8-17)9-18-21)20-14(23)7-6-13(22)19-12-4-2-11(16)3-5-12/h2-5,9H,6-7H2,1H3,(H,19,22)(H,20,23). The summed E-state index contributed by atoms with van der Waals surface area (Å²) in [6.07, 6.45) is 1.25. The first-order chi connectivity index (χ1) is 11.0. The maximum absolute atomic E-state index is 12.8. The fourth-order valence-electron chi connectivity index (χ4n) is 1.85. The molecule has 7 nitrogen and oxygen atoms in total. The van der Waals surface area contributed by atoms with E-state index in [1.165, 1.54) is 35.1 Å². The number of amides is 2. The maximum atomic E-state index is 12.8. The summed E-state index contributed by atoms with van der Waals surface area (Å²) in [5.41, 5.74) is 0.701. The van der Waals surface area contributed by atoms with Crippen molar-refractivity contribution in [1.82, 2.24) is 9.78 Å². The van der Waals surface area contributed by atoms with E-state index in [-0.39, 0.29) is 30.1 Å². The number of carbonyl (C=O) groups excluding carboxylic acids is 2. The molecule has 2 N–H and O–H groups in total. The first kappa shape index (κ1) is 16.2. The van der Waals surface area contributed by atoms with Gasteiger partial charge in [-0.25, -0.2) is 4.39 Å². The number of nitrogens with zero attached hydrogens (tertiary/aromatic N) is 3. The molecule has 0 unspecified atom stereocenters. The Balaban J connectivity index is 1.84. The van der Waals surface area contributed by atoms with Crippen LogP contribution in [0.1, 0.15) is 18.4 Å². The van der Waals surface area contributed by atoms with Crippen LogP contribution in [0, 0.1) is 17.1 Å². The molecule has 1 heterocycles. The molecule has 8 heteroatoms. The van der Waals surface area contributed by atoms with Crippen LogP contribution < -0.4 is 10.6 Å². The van der Waals surface area contributed by atoms with Crippen LogP contribution in [-0.2, 0) is 16.6 Å². The molecule has 0 fully saturated rings. The molecule has 0 aliphatic rings. The molecule has 2 rings (SSSR count). The molecular formula is C15H14FN5O2. The van der Waals surface area contributed by atoms with Crippen molar-refractivity contribution in [2.75, 3.05) is 10.6 Å². The van der Waals surface area contributed by atoms with E-state index in [1.54, 1.807) is 7.05 Å². The average molecular weight is 315 g/mol. The van der Waals surface area contributed by atoms with Crippen LogP contribution in [0.4, 0.5) is 15.9 Å². The van der Waals surface area contributed by atoms with Crippen LogP contribution in [0.2, 0.25) is 0 Å². The predicted octanol–water partition coefficient (Wildman–Crippen LogP) is 1.79. The monoisotopic (exact) mass is 315 g/mol. The van der Waals surface area contributed by atoms with Crippen molar-refractivity contribution in [1.29, 1.82) is 5.26 Å². The Kier molecular flexibility index (Phi) is 5.04. The van der Waals surface area contributed by atoms with E-state index in [9.17, 15) is 14.0 Å². The number of aryl methyl sites for hydroxylation is 1. The molecule has 0 aliphatic carbocycles. The third-order valence-corrected chi connectivity index (χ3v) is 3.02. The number of carbonyl (C=O) groups is 2. The lowest BCUT2D eigenvalue weighted by Gasteiger charge is -2.07. The van der Waals surface area contributed by atoms with Gasteiger partial charge in [-0.1, -0.05) is 0 Å². The van der Waals surface area contributed by atoms with Gasteiger partial charge < -0.3 is 10.6 Å². The van der Waals surface area contributed by atoms with E-state index in [4.69, 9.17) is 5.26 Å². The number of rotatable bonds is 5. The highest BCUT2D eigenvalue weighted by atomic mass is 19.1. The third-order valence-electron chi connectivity index (χ3n) is 3.02. The van der Waals surface area contributed by atoms with Gasteiger partial charge in [0.15, 0.2) is 0 Å². The first-order valence-electron chi connectivity index (χ1n) is 6.77. The summed E-state index contributed by atoms with van der Waals surface area (Å²) in [5, 5.41) is 17.9. The molecule has 0 saturated carbocycles. The molecular weight excluding hydrogens is 301 g/mol. The highest BCUT2D eigenvalue weighted by molar-refractivity contribution is 5.96. The van der Waals surface area contributed by atoms with Crippen molar-refractivity contribution >= 4 is 23.3 Å². The van der Waals surface area contributed by atoms with Gasteiger partial charge in [-0.2, -0.15) is 10.4 Å². The van der Waals surface area contributed by atoms with Crippen LogP contribution in [0.25, 0.3) is 0 Å². The fraction of sp³-hybridized carbons (Fsp3) is 0.200. The Morgan fingerprint density at radius 1 is 1.22 bits per heavy atom. The Bertz CT molecular complexity index is 761. The van der Waals surface area contributed by atoms with E-state index >= 15 is 0 Å². The lowest BCUT2D eigenvalue weighted by molar-refractivity contribution is -0.121. The molecule has 1 aromatic carbocycles. The van der Waals surface area contributed by atoms with Gasteiger partial charge in [-0.05, 0) is 24.3 Å². The minimum atomic E-state index is -0.403. The topological polar surface area (TPSA) is 99.8 Å². The molecule has 0 bridgehead atoms. The first-order valence-corrected chi connectivity index (χ1v) is 6.77. The number of benzene rings is 1. The van der Waals surface area contributed by atoms with Crippen LogP contribution in [-0.4, -0.2) is 21.6 Å². The van der Waals surface area contributed by atoms with Gasteiger partial charge in [0.25, 0.3) is 0 Å². The second kappa shape index (κ2) is 7.17. The van der Waals surface area contributed by atoms with E-state index in [1.807, 2.05) is 6.07 Å². The number of nitrogens with one attached hydrogen (secondary N) is 2. The van der Waals surface area contributed by atoms with Gasteiger partial charge in [0, 0.05) is 25.6 Å². The number of hydrogen-bond acceptors (Lipinski definition) is 4. The number of nitriles is 1. The average Bonchev–Trinajstić information content (AvgIpc) is 2.88. The van der Waals surface area contributed by atoms with Crippen molar-refractivity contribution in [3.63, 3.8) is 0 Å². The van der Waals surface area contributed by atoms with Gasteiger partial charge in [0.1, 0.15) is 23.3 Å². The zero-order chi connectivity index (χ0) is 16.8. The summed E-state index contributed by atoms with van der Waals surface area (Å²) >= 11 is 0.